The maximum atomic E-state index is 11.8. The van der Waals surface area contributed by atoms with Crippen LogP contribution in [-0.2, 0) is 11.3 Å². The second kappa shape index (κ2) is 6.58. The van der Waals surface area contributed by atoms with Gasteiger partial charge in [0.2, 0.25) is 11.7 Å². The minimum absolute atomic E-state index is 0.00372. The van der Waals surface area contributed by atoms with Crippen molar-refractivity contribution in [2.24, 2.45) is 5.92 Å². The zero-order valence-electron chi connectivity index (χ0n) is 11.4. The van der Waals surface area contributed by atoms with Gasteiger partial charge in [-0.2, -0.15) is 16.1 Å². The monoisotopic (exact) mass is 295 g/mol. The number of thiophene rings is 1. The maximum absolute atomic E-state index is 11.8. The van der Waals surface area contributed by atoms with Gasteiger partial charge in [0.05, 0.1) is 0 Å². The lowest BCUT2D eigenvalue weighted by atomic mass is 10.1. The second-order valence-corrected chi connectivity index (χ2v) is 5.45. The van der Waals surface area contributed by atoms with Crippen LogP contribution in [0.1, 0.15) is 13.8 Å². The molecule has 2 aromatic rings. The molecule has 2 aromatic heterocycles. The molecule has 2 rings (SSSR count). The fraction of sp³-hybridized carbons (Fsp3) is 0.500. The standard InChI is InChI=1S/C12H17N5O2S/c1-8(6-18)9(2)13-11(19)5-17-15-12(14-16-17)10-3-4-20-7-10/h3-4,7-9,18H,5-6H2,1-2H3,(H,13,19). The van der Waals surface area contributed by atoms with Gasteiger partial charge in [-0.15, -0.1) is 10.2 Å². The lowest BCUT2D eigenvalue weighted by Crippen LogP contribution is -2.40. The van der Waals surface area contributed by atoms with E-state index < -0.39 is 0 Å². The van der Waals surface area contributed by atoms with E-state index in [1.165, 1.54) is 4.80 Å². The topological polar surface area (TPSA) is 92.9 Å². The minimum Gasteiger partial charge on any atom is -0.396 e. The molecule has 2 heterocycles. The predicted octanol–water partition coefficient (Wildman–Crippen LogP) is 0.535. The van der Waals surface area contributed by atoms with Crippen LogP contribution in [0.4, 0.5) is 0 Å². The molecule has 20 heavy (non-hydrogen) atoms. The number of carbonyl (C=O) groups excluding carboxylic acids is 1. The lowest BCUT2D eigenvalue weighted by Gasteiger charge is -2.18. The first-order valence-electron chi connectivity index (χ1n) is 6.30. The van der Waals surface area contributed by atoms with Gasteiger partial charge in [-0.3, -0.25) is 4.79 Å². The molecule has 0 saturated carbocycles. The first-order chi connectivity index (χ1) is 9.60. The van der Waals surface area contributed by atoms with Gasteiger partial charge in [0.15, 0.2) is 0 Å². The van der Waals surface area contributed by atoms with E-state index in [1.54, 1.807) is 11.3 Å². The Balaban J connectivity index is 1.92. The van der Waals surface area contributed by atoms with E-state index in [0.717, 1.165) is 5.56 Å². The molecule has 0 spiro atoms. The molecular formula is C12H17N5O2S. The summed E-state index contributed by atoms with van der Waals surface area (Å²) in [7, 11) is 0. The van der Waals surface area contributed by atoms with E-state index in [4.69, 9.17) is 5.11 Å². The molecule has 108 valence electrons. The summed E-state index contributed by atoms with van der Waals surface area (Å²) in [6, 6.07) is 1.80. The van der Waals surface area contributed by atoms with Crippen LogP contribution >= 0.6 is 11.3 Å². The molecule has 0 aliphatic carbocycles. The van der Waals surface area contributed by atoms with Crippen LogP contribution in [0.3, 0.4) is 0 Å². The number of hydrogen-bond acceptors (Lipinski definition) is 6. The quantitative estimate of drug-likeness (QED) is 0.811. The number of carbonyl (C=O) groups is 1. The van der Waals surface area contributed by atoms with Gasteiger partial charge in [-0.25, -0.2) is 0 Å². The average molecular weight is 295 g/mol. The van der Waals surface area contributed by atoms with Crippen molar-refractivity contribution in [3.8, 4) is 11.4 Å². The summed E-state index contributed by atoms with van der Waals surface area (Å²) < 4.78 is 0. The number of amides is 1. The Morgan fingerprint density at radius 1 is 1.55 bits per heavy atom. The molecule has 2 N–H and O–H groups in total. The summed E-state index contributed by atoms with van der Waals surface area (Å²) in [5, 5.41) is 27.6. The third-order valence-electron chi connectivity index (χ3n) is 3.05. The Morgan fingerprint density at radius 2 is 2.35 bits per heavy atom. The zero-order valence-corrected chi connectivity index (χ0v) is 12.2. The molecule has 0 fully saturated rings. The summed E-state index contributed by atoms with van der Waals surface area (Å²) in [6.07, 6.45) is 0. The van der Waals surface area contributed by atoms with Gasteiger partial charge >= 0.3 is 0 Å². The van der Waals surface area contributed by atoms with Crippen molar-refractivity contribution in [3.05, 3.63) is 16.8 Å². The number of aliphatic hydroxyl groups is 1. The van der Waals surface area contributed by atoms with Gasteiger partial charge in [-0.1, -0.05) is 6.92 Å². The molecule has 7 nitrogen and oxygen atoms in total. The SMILES string of the molecule is CC(CO)C(C)NC(=O)Cn1nnc(-c2ccsc2)n1. The second-order valence-electron chi connectivity index (χ2n) is 4.67. The molecule has 0 aromatic carbocycles. The van der Waals surface area contributed by atoms with Gasteiger partial charge in [0.1, 0.15) is 6.54 Å². The van der Waals surface area contributed by atoms with E-state index in [-0.39, 0.29) is 31.0 Å². The van der Waals surface area contributed by atoms with Crippen LogP contribution in [0.15, 0.2) is 16.8 Å². The zero-order chi connectivity index (χ0) is 14.5. The highest BCUT2D eigenvalue weighted by molar-refractivity contribution is 7.08. The van der Waals surface area contributed by atoms with Crippen molar-refractivity contribution in [1.82, 2.24) is 25.5 Å². The number of tetrazole rings is 1. The highest BCUT2D eigenvalue weighted by atomic mass is 32.1. The normalized spacial score (nSPS) is 13.9. The maximum Gasteiger partial charge on any atom is 0.243 e. The van der Waals surface area contributed by atoms with E-state index in [9.17, 15) is 4.79 Å². The number of hydrogen-bond donors (Lipinski definition) is 2. The van der Waals surface area contributed by atoms with E-state index >= 15 is 0 Å². The Morgan fingerprint density at radius 3 is 3.00 bits per heavy atom. The van der Waals surface area contributed by atoms with Crippen molar-refractivity contribution in [2.45, 2.75) is 26.4 Å². The van der Waals surface area contributed by atoms with Gasteiger partial charge in [0, 0.05) is 23.6 Å². The highest BCUT2D eigenvalue weighted by Crippen LogP contribution is 2.16. The third-order valence-corrected chi connectivity index (χ3v) is 3.73. The molecule has 0 bridgehead atoms. The fourth-order valence-electron chi connectivity index (χ4n) is 1.55. The Kier molecular flexibility index (Phi) is 4.80. The van der Waals surface area contributed by atoms with Crippen LogP contribution < -0.4 is 5.32 Å². The van der Waals surface area contributed by atoms with Crippen LogP contribution in [-0.4, -0.2) is 43.9 Å². The van der Waals surface area contributed by atoms with Crippen LogP contribution in [0, 0.1) is 5.92 Å². The smallest absolute Gasteiger partial charge is 0.243 e. The average Bonchev–Trinajstić information content (AvgIpc) is 3.07. The Hall–Kier alpha value is -1.80. The fourth-order valence-corrected chi connectivity index (χ4v) is 2.18. The van der Waals surface area contributed by atoms with E-state index in [1.807, 2.05) is 30.7 Å². The number of nitrogens with zero attached hydrogens (tertiary/aromatic N) is 4. The summed E-state index contributed by atoms with van der Waals surface area (Å²) >= 11 is 1.55. The summed E-state index contributed by atoms with van der Waals surface area (Å²) in [6.45, 7) is 3.77. The molecule has 0 radical (unpaired) electrons. The first-order valence-corrected chi connectivity index (χ1v) is 7.25. The number of aliphatic hydroxyl groups excluding tert-OH is 1. The predicted molar refractivity (Wildman–Crippen MR) is 75.0 cm³/mol. The Bertz CT molecular complexity index is 554. The molecule has 2 atom stereocenters. The van der Waals surface area contributed by atoms with Crippen LogP contribution in [0.2, 0.25) is 0 Å². The molecule has 0 aliphatic rings. The molecular weight excluding hydrogens is 278 g/mol. The van der Waals surface area contributed by atoms with E-state index in [0.29, 0.717) is 5.82 Å². The first kappa shape index (κ1) is 14.6. The van der Waals surface area contributed by atoms with Crippen LogP contribution in [0.25, 0.3) is 11.4 Å². The van der Waals surface area contributed by atoms with Crippen molar-refractivity contribution in [2.75, 3.05) is 6.61 Å². The number of aromatic nitrogens is 4. The summed E-state index contributed by atoms with van der Waals surface area (Å²) in [5.74, 6) is 0.312. The molecule has 0 saturated heterocycles. The van der Waals surface area contributed by atoms with Gasteiger partial charge in [0.25, 0.3) is 0 Å². The number of rotatable bonds is 6. The third kappa shape index (κ3) is 3.61. The molecule has 1 amide bonds. The summed E-state index contributed by atoms with van der Waals surface area (Å²) in [4.78, 5) is 13.1. The highest BCUT2D eigenvalue weighted by Gasteiger charge is 2.15. The van der Waals surface area contributed by atoms with Crippen molar-refractivity contribution in [3.63, 3.8) is 0 Å². The largest absolute Gasteiger partial charge is 0.396 e. The molecule has 8 heteroatoms. The minimum atomic E-state index is -0.202. The number of nitrogens with one attached hydrogen (secondary N) is 1. The van der Waals surface area contributed by atoms with Crippen molar-refractivity contribution in [1.29, 1.82) is 0 Å². The van der Waals surface area contributed by atoms with Gasteiger partial charge in [-0.05, 0) is 29.5 Å². The lowest BCUT2D eigenvalue weighted by molar-refractivity contribution is -0.123. The van der Waals surface area contributed by atoms with Crippen LogP contribution in [0.5, 0.6) is 0 Å². The molecule has 0 aliphatic heterocycles. The summed E-state index contributed by atoms with van der Waals surface area (Å²) in [5.41, 5.74) is 0.893. The molecule has 2 unspecified atom stereocenters. The van der Waals surface area contributed by atoms with Crippen molar-refractivity contribution >= 4 is 17.2 Å². The van der Waals surface area contributed by atoms with E-state index in [2.05, 4.69) is 20.7 Å². The Labute approximate surface area is 120 Å². The van der Waals surface area contributed by atoms with Crippen molar-refractivity contribution < 1.29 is 9.90 Å². The van der Waals surface area contributed by atoms with Gasteiger partial charge < -0.3 is 10.4 Å².